The van der Waals surface area contributed by atoms with Gasteiger partial charge in [-0.1, -0.05) is 25.0 Å². The second kappa shape index (κ2) is 9.46. The molecule has 0 unspecified atom stereocenters. The minimum absolute atomic E-state index is 0.0269. The molecule has 0 radical (unpaired) electrons. The van der Waals surface area contributed by atoms with Gasteiger partial charge < -0.3 is 14.8 Å². The normalized spacial score (nSPS) is 15.3. The van der Waals surface area contributed by atoms with E-state index in [-0.39, 0.29) is 11.5 Å². The average Bonchev–Trinajstić information content (AvgIpc) is 2.97. The number of H-pyrrole nitrogens is 1. The smallest absolute Gasteiger partial charge is 0.253 e. The van der Waals surface area contributed by atoms with Crippen LogP contribution in [0.25, 0.3) is 11.3 Å². The monoisotopic (exact) mass is 368 g/mol. The molecule has 1 fully saturated rings. The lowest BCUT2D eigenvalue weighted by Crippen LogP contribution is -2.39. The maximum atomic E-state index is 13.0. The van der Waals surface area contributed by atoms with E-state index in [2.05, 4.69) is 14.9 Å². The van der Waals surface area contributed by atoms with Crippen LogP contribution in [0.1, 0.15) is 43.0 Å². The molecule has 1 N–H and O–H groups in total. The molecule has 1 amide bonds. The summed E-state index contributed by atoms with van der Waals surface area (Å²) >= 11 is 0. The number of nitrogens with zero attached hydrogens (tertiary/aromatic N) is 3. The van der Waals surface area contributed by atoms with Gasteiger partial charge in [0.05, 0.1) is 12.0 Å². The summed E-state index contributed by atoms with van der Waals surface area (Å²) in [6.45, 7) is 6.63. The molecule has 0 atom stereocenters. The molecule has 2 aromatic rings. The van der Waals surface area contributed by atoms with Crippen molar-refractivity contribution in [2.24, 2.45) is 0 Å². The third kappa shape index (κ3) is 5.26. The Morgan fingerprint density at radius 2 is 1.96 bits per heavy atom. The number of carbonyl (C=O) groups excluding carboxylic acids is 1. The van der Waals surface area contributed by atoms with Crippen LogP contribution in [0.3, 0.4) is 0 Å². The lowest BCUT2D eigenvalue weighted by Gasteiger charge is -2.26. The topological polar surface area (TPSA) is 69.3 Å². The molecule has 1 aliphatic heterocycles. The summed E-state index contributed by atoms with van der Waals surface area (Å²) in [5.41, 5.74) is 1.77. The molecule has 0 aliphatic carbocycles. The van der Waals surface area contributed by atoms with E-state index in [0.717, 1.165) is 31.7 Å². The first-order valence-corrected chi connectivity index (χ1v) is 9.84. The number of aromatic nitrogens is 2. The molecule has 27 heavy (non-hydrogen) atoms. The lowest BCUT2D eigenvalue weighted by molar-refractivity contribution is 0.0745. The van der Waals surface area contributed by atoms with Crippen LogP contribution in [-0.2, 0) is 0 Å². The highest BCUT2D eigenvalue weighted by Crippen LogP contribution is 2.18. The van der Waals surface area contributed by atoms with Crippen molar-refractivity contribution in [3.8, 4) is 11.3 Å². The van der Waals surface area contributed by atoms with E-state index in [1.54, 1.807) is 0 Å². The fourth-order valence-corrected chi connectivity index (χ4v) is 3.55. The van der Waals surface area contributed by atoms with Gasteiger partial charge in [-0.3, -0.25) is 9.59 Å². The van der Waals surface area contributed by atoms with E-state index in [1.807, 2.05) is 36.1 Å². The summed E-state index contributed by atoms with van der Waals surface area (Å²) in [5, 5.41) is 0. The minimum atomic E-state index is -0.204. The number of likely N-dealkylation sites (N-methyl/N-ethyl adjacent to an activating group) is 1. The van der Waals surface area contributed by atoms with Gasteiger partial charge in [0.1, 0.15) is 0 Å². The van der Waals surface area contributed by atoms with Crippen molar-refractivity contribution in [2.45, 2.75) is 32.6 Å². The number of hydrogen-bond acceptors (Lipinski definition) is 4. The number of amides is 1. The van der Waals surface area contributed by atoms with Crippen LogP contribution >= 0.6 is 0 Å². The first-order chi connectivity index (χ1) is 13.2. The van der Waals surface area contributed by atoms with Crippen molar-refractivity contribution >= 4 is 5.91 Å². The maximum absolute atomic E-state index is 13.0. The molecule has 0 spiro atoms. The lowest BCUT2D eigenvalue weighted by atomic mass is 10.1. The highest BCUT2D eigenvalue weighted by molar-refractivity contribution is 5.95. The molecule has 0 bridgehead atoms. The fourth-order valence-electron chi connectivity index (χ4n) is 3.55. The zero-order valence-electron chi connectivity index (χ0n) is 16.0. The van der Waals surface area contributed by atoms with Crippen LogP contribution in [0.2, 0.25) is 0 Å². The largest absolute Gasteiger partial charge is 0.338 e. The highest BCUT2D eigenvalue weighted by Gasteiger charge is 2.17. The van der Waals surface area contributed by atoms with Crippen molar-refractivity contribution in [2.75, 3.05) is 32.7 Å². The Hall–Kier alpha value is -2.47. The van der Waals surface area contributed by atoms with Crippen LogP contribution in [0, 0.1) is 0 Å². The van der Waals surface area contributed by atoms with E-state index < -0.39 is 0 Å². The highest BCUT2D eigenvalue weighted by atomic mass is 16.2. The minimum Gasteiger partial charge on any atom is -0.338 e. The fraction of sp³-hybridized carbons (Fsp3) is 0.476. The Morgan fingerprint density at radius 1 is 1.19 bits per heavy atom. The van der Waals surface area contributed by atoms with E-state index in [1.165, 1.54) is 38.1 Å². The molecule has 1 aromatic carbocycles. The Labute approximate surface area is 160 Å². The third-order valence-corrected chi connectivity index (χ3v) is 5.14. The second-order valence-electron chi connectivity index (χ2n) is 7.02. The zero-order valence-corrected chi connectivity index (χ0v) is 16.0. The number of hydrogen-bond donors (Lipinski definition) is 1. The van der Waals surface area contributed by atoms with Gasteiger partial charge in [-0.25, -0.2) is 4.98 Å². The summed E-state index contributed by atoms with van der Waals surface area (Å²) in [7, 11) is 0. The van der Waals surface area contributed by atoms with Gasteiger partial charge in [-0.05, 0) is 45.0 Å². The standard InChI is InChI=1S/C21H28N4O2/c1-2-25(13-12-24-10-5-3-4-6-11-24)21(27)18-9-7-8-17(14-18)19-15-20(26)23-16-22-19/h7-9,14-16H,2-6,10-13H2,1H3,(H,22,23,26). The maximum Gasteiger partial charge on any atom is 0.253 e. The summed E-state index contributed by atoms with van der Waals surface area (Å²) in [4.78, 5) is 35.6. The van der Waals surface area contributed by atoms with Gasteiger partial charge in [0.15, 0.2) is 0 Å². The Kier molecular flexibility index (Phi) is 6.76. The molecule has 1 aliphatic rings. The summed E-state index contributed by atoms with van der Waals surface area (Å²) in [5.74, 6) is 0.0269. The van der Waals surface area contributed by atoms with Crippen LogP contribution in [-0.4, -0.2) is 58.4 Å². The number of aromatic amines is 1. The van der Waals surface area contributed by atoms with E-state index in [4.69, 9.17) is 0 Å². The molecule has 6 heteroatoms. The number of carbonyl (C=O) groups is 1. The van der Waals surface area contributed by atoms with Gasteiger partial charge in [-0.15, -0.1) is 0 Å². The summed E-state index contributed by atoms with van der Waals surface area (Å²) in [6, 6.07) is 8.80. The molecular formula is C21H28N4O2. The Balaban J connectivity index is 1.69. The van der Waals surface area contributed by atoms with Crippen molar-refractivity contribution in [1.82, 2.24) is 19.8 Å². The quantitative estimate of drug-likeness (QED) is 0.851. The van der Waals surface area contributed by atoms with Crippen LogP contribution < -0.4 is 5.56 Å². The van der Waals surface area contributed by atoms with Crippen LogP contribution in [0.4, 0.5) is 0 Å². The van der Waals surface area contributed by atoms with E-state index >= 15 is 0 Å². The molecule has 1 aromatic heterocycles. The SMILES string of the molecule is CCN(CCN1CCCCCC1)C(=O)c1cccc(-c2cc(=O)[nH]cn2)c1. The first-order valence-electron chi connectivity index (χ1n) is 9.84. The van der Waals surface area contributed by atoms with Gasteiger partial charge in [0.2, 0.25) is 0 Å². The number of nitrogens with one attached hydrogen (secondary N) is 1. The molecule has 6 nitrogen and oxygen atoms in total. The molecular weight excluding hydrogens is 340 g/mol. The van der Waals surface area contributed by atoms with Gasteiger partial charge in [0, 0.05) is 36.8 Å². The number of likely N-dealkylation sites (tertiary alicyclic amines) is 1. The average molecular weight is 368 g/mol. The van der Waals surface area contributed by atoms with Gasteiger partial charge >= 0.3 is 0 Å². The zero-order chi connectivity index (χ0) is 19.1. The Bertz CT molecular complexity index is 810. The number of benzene rings is 1. The molecule has 2 heterocycles. The van der Waals surface area contributed by atoms with Gasteiger partial charge in [-0.2, -0.15) is 0 Å². The van der Waals surface area contributed by atoms with Crippen LogP contribution in [0.15, 0.2) is 41.5 Å². The van der Waals surface area contributed by atoms with Crippen molar-refractivity contribution in [3.05, 3.63) is 52.6 Å². The molecule has 3 rings (SSSR count). The summed E-state index contributed by atoms with van der Waals surface area (Å²) in [6.07, 6.45) is 6.52. The predicted octanol–water partition coefficient (Wildman–Crippen LogP) is 2.78. The summed E-state index contributed by atoms with van der Waals surface area (Å²) < 4.78 is 0. The van der Waals surface area contributed by atoms with Crippen molar-refractivity contribution in [3.63, 3.8) is 0 Å². The van der Waals surface area contributed by atoms with Crippen molar-refractivity contribution < 1.29 is 4.79 Å². The van der Waals surface area contributed by atoms with Gasteiger partial charge in [0.25, 0.3) is 11.5 Å². The third-order valence-electron chi connectivity index (χ3n) is 5.14. The Morgan fingerprint density at radius 3 is 2.67 bits per heavy atom. The van der Waals surface area contributed by atoms with Crippen molar-refractivity contribution in [1.29, 1.82) is 0 Å². The first kappa shape index (κ1) is 19.3. The van der Waals surface area contributed by atoms with Crippen LogP contribution in [0.5, 0.6) is 0 Å². The second-order valence-corrected chi connectivity index (χ2v) is 7.02. The van der Waals surface area contributed by atoms with E-state index in [9.17, 15) is 9.59 Å². The molecule has 1 saturated heterocycles. The molecule has 144 valence electrons. The number of rotatable bonds is 6. The molecule has 0 saturated carbocycles. The van der Waals surface area contributed by atoms with E-state index in [0.29, 0.717) is 17.8 Å². The predicted molar refractivity (Wildman–Crippen MR) is 107 cm³/mol.